The minimum atomic E-state index is -0.758. The summed E-state index contributed by atoms with van der Waals surface area (Å²) >= 11 is 7.59. The molecule has 1 aliphatic rings. The molecule has 9 heteroatoms. The van der Waals surface area contributed by atoms with Crippen molar-refractivity contribution < 1.29 is 14.0 Å². The first-order valence-electron chi connectivity index (χ1n) is 10.1. The van der Waals surface area contributed by atoms with Crippen molar-refractivity contribution >= 4 is 41.3 Å². The minimum absolute atomic E-state index is 0.119. The number of aryl methyl sites for hydroxylation is 1. The highest BCUT2D eigenvalue weighted by Crippen LogP contribution is 2.17. The smallest absolute Gasteiger partial charge is 0.268 e. The fourth-order valence-electron chi connectivity index (χ4n) is 3.50. The molecule has 1 saturated heterocycles. The van der Waals surface area contributed by atoms with Crippen LogP contribution < -0.4 is 11.1 Å². The summed E-state index contributed by atoms with van der Waals surface area (Å²) in [6, 6.07) is 6.87. The molecule has 0 bridgehead atoms. The Morgan fingerprint density at radius 3 is 2.61 bits per heavy atom. The standard InChI is InChI=1S/C22H26ClFN4O2S/c1-2-17-15(13-20(23)25)12-18(26-17)21(29)27-19(11-14-3-5-16(24)6-4-14)22(30)28-7-9-31-10-8-28/h3-6,12-13,19,26H,2,7-11,25H2,1H3,(H,27,29)/b20-13-/t19-/m0/s1. The first-order chi connectivity index (χ1) is 14.9. The van der Waals surface area contributed by atoms with E-state index in [1.54, 1.807) is 40.9 Å². The zero-order chi connectivity index (χ0) is 22.4. The van der Waals surface area contributed by atoms with Gasteiger partial charge in [0.05, 0.1) is 5.16 Å². The molecule has 31 heavy (non-hydrogen) atoms. The highest BCUT2D eigenvalue weighted by molar-refractivity contribution is 7.99. The third kappa shape index (κ3) is 6.27. The van der Waals surface area contributed by atoms with E-state index in [2.05, 4.69) is 10.3 Å². The number of aromatic amines is 1. The van der Waals surface area contributed by atoms with Crippen LogP contribution in [0.3, 0.4) is 0 Å². The van der Waals surface area contributed by atoms with Gasteiger partial charge in [-0.1, -0.05) is 30.7 Å². The first-order valence-corrected chi connectivity index (χ1v) is 11.7. The van der Waals surface area contributed by atoms with Gasteiger partial charge in [-0.3, -0.25) is 9.59 Å². The largest absolute Gasteiger partial charge is 0.389 e. The molecule has 1 fully saturated rings. The predicted molar refractivity (Wildman–Crippen MR) is 123 cm³/mol. The van der Waals surface area contributed by atoms with Crippen LogP contribution in [-0.2, 0) is 17.6 Å². The highest BCUT2D eigenvalue weighted by Gasteiger charge is 2.28. The van der Waals surface area contributed by atoms with E-state index in [1.165, 1.54) is 12.1 Å². The minimum Gasteiger partial charge on any atom is -0.389 e. The van der Waals surface area contributed by atoms with E-state index in [1.807, 2.05) is 6.92 Å². The summed E-state index contributed by atoms with van der Waals surface area (Å²) in [5, 5.41) is 2.98. The Bertz CT molecular complexity index is 951. The number of thioether (sulfide) groups is 1. The van der Waals surface area contributed by atoms with Crippen LogP contribution in [0.25, 0.3) is 6.08 Å². The van der Waals surface area contributed by atoms with Gasteiger partial charge in [0.1, 0.15) is 17.6 Å². The van der Waals surface area contributed by atoms with Gasteiger partial charge in [-0.25, -0.2) is 4.39 Å². The molecule has 2 amide bonds. The number of benzene rings is 1. The summed E-state index contributed by atoms with van der Waals surface area (Å²) in [6.45, 7) is 3.24. The number of nitrogens with zero attached hydrogens (tertiary/aromatic N) is 1. The van der Waals surface area contributed by atoms with Crippen molar-refractivity contribution in [2.75, 3.05) is 24.6 Å². The van der Waals surface area contributed by atoms with Gasteiger partial charge in [0.25, 0.3) is 5.91 Å². The van der Waals surface area contributed by atoms with Crippen molar-refractivity contribution in [1.29, 1.82) is 0 Å². The molecule has 2 aromatic rings. The molecule has 3 rings (SSSR count). The van der Waals surface area contributed by atoms with Crippen molar-refractivity contribution in [3.8, 4) is 0 Å². The predicted octanol–water partition coefficient (Wildman–Crippen LogP) is 3.13. The van der Waals surface area contributed by atoms with Crippen LogP contribution in [0.5, 0.6) is 0 Å². The molecule has 1 atom stereocenters. The Kier molecular flexibility index (Phi) is 8.03. The molecule has 1 aliphatic heterocycles. The lowest BCUT2D eigenvalue weighted by Gasteiger charge is -2.30. The van der Waals surface area contributed by atoms with E-state index in [0.29, 0.717) is 25.2 Å². The Hall–Kier alpha value is -2.45. The molecule has 0 aliphatic carbocycles. The lowest BCUT2D eigenvalue weighted by Crippen LogP contribution is -2.51. The number of carbonyl (C=O) groups excluding carboxylic acids is 2. The van der Waals surface area contributed by atoms with E-state index in [4.69, 9.17) is 17.3 Å². The number of nitrogens with two attached hydrogens (primary N) is 1. The van der Waals surface area contributed by atoms with Crippen molar-refractivity contribution in [3.63, 3.8) is 0 Å². The Balaban J connectivity index is 1.82. The summed E-state index contributed by atoms with van der Waals surface area (Å²) in [5.41, 5.74) is 8.22. The molecule has 0 radical (unpaired) electrons. The first kappa shape index (κ1) is 23.2. The van der Waals surface area contributed by atoms with Crippen LogP contribution in [0.2, 0.25) is 0 Å². The van der Waals surface area contributed by atoms with Crippen LogP contribution in [-0.4, -0.2) is 52.3 Å². The van der Waals surface area contributed by atoms with Gasteiger partial charge in [-0.15, -0.1) is 0 Å². The van der Waals surface area contributed by atoms with E-state index in [9.17, 15) is 14.0 Å². The molecule has 1 aromatic heterocycles. The summed E-state index contributed by atoms with van der Waals surface area (Å²) in [7, 11) is 0. The second-order valence-corrected chi connectivity index (χ2v) is 8.96. The number of carbonyl (C=O) groups is 2. The number of amides is 2. The fourth-order valence-corrected chi connectivity index (χ4v) is 4.52. The number of H-pyrrole nitrogens is 1. The van der Waals surface area contributed by atoms with Crippen molar-refractivity contribution in [3.05, 3.63) is 63.8 Å². The zero-order valence-corrected chi connectivity index (χ0v) is 18.9. The maximum Gasteiger partial charge on any atom is 0.268 e. The number of aromatic nitrogens is 1. The van der Waals surface area contributed by atoms with Gasteiger partial charge in [-0.2, -0.15) is 11.8 Å². The molecule has 0 saturated carbocycles. The van der Waals surface area contributed by atoms with Crippen molar-refractivity contribution in [2.45, 2.75) is 25.8 Å². The number of halogens is 2. The maximum atomic E-state index is 13.3. The summed E-state index contributed by atoms with van der Waals surface area (Å²) < 4.78 is 13.3. The third-order valence-corrected chi connectivity index (χ3v) is 6.16. The van der Waals surface area contributed by atoms with Crippen molar-refractivity contribution in [2.24, 2.45) is 5.73 Å². The summed E-state index contributed by atoms with van der Waals surface area (Å²) in [5.74, 6) is 0.866. The monoisotopic (exact) mass is 464 g/mol. The molecule has 166 valence electrons. The van der Waals surface area contributed by atoms with Crippen LogP contribution in [0.1, 0.15) is 34.2 Å². The SMILES string of the molecule is CCc1[nH]c(C(=O)N[C@@H](Cc2ccc(F)cc2)C(=O)N2CCSCC2)cc1/C=C(\N)Cl. The van der Waals surface area contributed by atoms with Crippen LogP contribution in [0, 0.1) is 5.82 Å². The van der Waals surface area contributed by atoms with Gasteiger partial charge in [-0.05, 0) is 41.8 Å². The second-order valence-electron chi connectivity index (χ2n) is 7.29. The normalized spacial score (nSPS) is 15.6. The fraction of sp³-hybridized carbons (Fsp3) is 0.364. The topological polar surface area (TPSA) is 91.2 Å². The molecule has 0 spiro atoms. The summed E-state index contributed by atoms with van der Waals surface area (Å²) in [4.78, 5) is 31.0. The zero-order valence-electron chi connectivity index (χ0n) is 17.3. The van der Waals surface area contributed by atoms with Gasteiger partial charge in [0.2, 0.25) is 5.91 Å². The maximum absolute atomic E-state index is 13.3. The Morgan fingerprint density at radius 2 is 2.00 bits per heavy atom. The van der Waals surface area contributed by atoms with E-state index in [0.717, 1.165) is 28.3 Å². The van der Waals surface area contributed by atoms with E-state index < -0.39 is 11.9 Å². The second kappa shape index (κ2) is 10.7. The Labute approximate surface area is 190 Å². The quantitative estimate of drug-likeness (QED) is 0.549. The third-order valence-electron chi connectivity index (χ3n) is 5.10. The average Bonchev–Trinajstić information content (AvgIpc) is 3.17. The average molecular weight is 465 g/mol. The van der Waals surface area contributed by atoms with Crippen LogP contribution >= 0.6 is 23.4 Å². The molecular formula is C22H26ClFN4O2S. The molecule has 2 heterocycles. The molecule has 1 aromatic carbocycles. The lowest BCUT2D eigenvalue weighted by atomic mass is 10.0. The van der Waals surface area contributed by atoms with Crippen molar-refractivity contribution in [1.82, 2.24) is 15.2 Å². The molecular weight excluding hydrogens is 439 g/mol. The highest BCUT2D eigenvalue weighted by atomic mass is 35.5. The Morgan fingerprint density at radius 1 is 1.32 bits per heavy atom. The number of nitrogens with one attached hydrogen (secondary N) is 2. The van der Waals surface area contributed by atoms with E-state index >= 15 is 0 Å². The number of hydrogen-bond acceptors (Lipinski definition) is 4. The number of hydrogen-bond donors (Lipinski definition) is 3. The van der Waals surface area contributed by atoms with Gasteiger partial charge < -0.3 is 20.9 Å². The van der Waals surface area contributed by atoms with Crippen LogP contribution in [0.4, 0.5) is 4.39 Å². The molecule has 6 nitrogen and oxygen atoms in total. The van der Waals surface area contributed by atoms with E-state index in [-0.39, 0.29) is 23.3 Å². The molecule has 0 unspecified atom stereocenters. The number of rotatable bonds is 7. The summed E-state index contributed by atoms with van der Waals surface area (Å²) in [6.07, 6.45) is 2.52. The molecule has 4 N–H and O–H groups in total. The van der Waals surface area contributed by atoms with Gasteiger partial charge in [0, 0.05) is 36.7 Å². The van der Waals surface area contributed by atoms with Gasteiger partial charge >= 0.3 is 0 Å². The lowest BCUT2D eigenvalue weighted by molar-refractivity contribution is -0.132. The van der Waals surface area contributed by atoms with Crippen LogP contribution in [0.15, 0.2) is 35.5 Å². The van der Waals surface area contributed by atoms with Gasteiger partial charge in [0.15, 0.2) is 0 Å².